The third-order valence-electron chi connectivity index (χ3n) is 6.99. The second-order valence-electron chi connectivity index (χ2n) is 10.3. The maximum absolute atomic E-state index is 13.5. The number of halogens is 3. The Hall–Kier alpha value is -4.45. The monoisotopic (exact) mass is 712 g/mol. The molecule has 0 bridgehead atoms. The molecule has 5 atom stereocenters. The molecular weight excluding hydrogens is 687 g/mol. The van der Waals surface area contributed by atoms with Crippen molar-refractivity contribution in [1.82, 2.24) is 0 Å². The van der Waals surface area contributed by atoms with Crippen LogP contribution >= 0.6 is 34.8 Å². The van der Waals surface area contributed by atoms with Crippen molar-refractivity contribution in [3.8, 4) is 0 Å². The molecular formula is C35H27Cl3O10. The summed E-state index contributed by atoms with van der Waals surface area (Å²) in [4.78, 5) is 53.3. The van der Waals surface area contributed by atoms with Gasteiger partial charge in [0, 0.05) is 0 Å². The molecule has 5 unspecified atom stereocenters. The lowest BCUT2D eigenvalue weighted by Gasteiger charge is -2.44. The van der Waals surface area contributed by atoms with Gasteiger partial charge in [0.1, 0.15) is 12.7 Å². The highest BCUT2D eigenvalue weighted by molar-refractivity contribution is 6.66. The Bertz CT molecular complexity index is 1690. The summed E-state index contributed by atoms with van der Waals surface area (Å²) in [6.45, 7) is -0.557. The van der Waals surface area contributed by atoms with Gasteiger partial charge >= 0.3 is 23.9 Å². The first-order valence-electron chi connectivity index (χ1n) is 14.5. The van der Waals surface area contributed by atoms with Crippen LogP contribution in [-0.4, -0.2) is 65.2 Å². The Morgan fingerprint density at radius 3 is 1.27 bits per heavy atom. The van der Waals surface area contributed by atoms with Crippen LogP contribution in [0, 0.1) is 0 Å². The smallest absolute Gasteiger partial charge is 0.338 e. The zero-order valence-electron chi connectivity index (χ0n) is 24.9. The van der Waals surface area contributed by atoms with E-state index in [9.17, 15) is 19.2 Å². The number of carbonyl (C=O) groups excluding carboxylic acids is 4. The number of rotatable bonds is 10. The van der Waals surface area contributed by atoms with E-state index in [1.54, 1.807) is 72.8 Å². The topological polar surface area (TPSA) is 124 Å². The molecule has 10 nitrogen and oxygen atoms in total. The van der Waals surface area contributed by atoms with Gasteiger partial charge in [0.05, 0.1) is 22.3 Å². The molecule has 0 N–H and O–H groups in total. The molecule has 0 saturated carbocycles. The van der Waals surface area contributed by atoms with Gasteiger partial charge in [-0.2, -0.15) is 0 Å². The fraction of sp³-hybridized carbons (Fsp3) is 0.200. The van der Waals surface area contributed by atoms with Crippen LogP contribution in [0.1, 0.15) is 41.4 Å². The number of carbonyl (C=O) groups is 4. The summed E-state index contributed by atoms with van der Waals surface area (Å²) >= 11 is 18.0. The minimum Gasteiger partial charge on any atom is -0.459 e. The van der Waals surface area contributed by atoms with Crippen molar-refractivity contribution in [3.63, 3.8) is 0 Å². The van der Waals surface area contributed by atoms with Crippen LogP contribution in [0.4, 0.5) is 0 Å². The van der Waals surface area contributed by atoms with Gasteiger partial charge in [-0.15, -0.1) is 0 Å². The molecule has 0 aliphatic carbocycles. The molecule has 1 aliphatic heterocycles. The fourth-order valence-corrected chi connectivity index (χ4v) is 5.02. The van der Waals surface area contributed by atoms with E-state index in [1.807, 2.05) is 0 Å². The summed E-state index contributed by atoms with van der Waals surface area (Å²) in [5.41, 5.74) is 0.608. The summed E-state index contributed by atoms with van der Waals surface area (Å²) in [5.74, 6) is -3.35. The van der Waals surface area contributed by atoms with Gasteiger partial charge in [-0.3, -0.25) is 0 Å². The standard InChI is InChI=1S/C35H27Cl3O10/c36-35(37,38)48-34-29(47-33(42)25-19-11-4-12-20-25)28(46-32(41)24-17-9-3-10-18-24)27(45-31(40)23-15-7-2-8-16-23)26(44-34)21-43-30(39)22-13-5-1-6-14-22/h1-20,26-29,34H,21H2. The molecule has 0 amide bonds. The first kappa shape index (κ1) is 34.9. The number of alkyl halides is 3. The van der Waals surface area contributed by atoms with Crippen LogP contribution in [0.25, 0.3) is 0 Å². The maximum atomic E-state index is 13.5. The van der Waals surface area contributed by atoms with E-state index in [2.05, 4.69) is 0 Å². The van der Waals surface area contributed by atoms with E-state index in [4.69, 9.17) is 63.2 Å². The van der Waals surface area contributed by atoms with Gasteiger partial charge < -0.3 is 28.4 Å². The average molecular weight is 714 g/mol. The van der Waals surface area contributed by atoms with Gasteiger partial charge in [-0.25, -0.2) is 19.2 Å². The van der Waals surface area contributed by atoms with E-state index in [1.165, 1.54) is 48.5 Å². The van der Waals surface area contributed by atoms with Crippen LogP contribution in [-0.2, 0) is 28.4 Å². The predicted octanol–water partition coefficient (Wildman–Crippen LogP) is 6.59. The van der Waals surface area contributed by atoms with Crippen molar-refractivity contribution in [2.45, 2.75) is 34.7 Å². The van der Waals surface area contributed by atoms with Gasteiger partial charge in [-0.1, -0.05) is 108 Å². The number of hydrogen-bond acceptors (Lipinski definition) is 10. The van der Waals surface area contributed by atoms with Crippen molar-refractivity contribution < 1.29 is 47.6 Å². The highest BCUT2D eigenvalue weighted by Crippen LogP contribution is 2.37. The lowest BCUT2D eigenvalue weighted by molar-refractivity contribution is -0.300. The lowest BCUT2D eigenvalue weighted by Crippen LogP contribution is -2.63. The molecule has 1 fully saturated rings. The van der Waals surface area contributed by atoms with Crippen LogP contribution in [0.3, 0.4) is 0 Å². The Kier molecular flexibility index (Phi) is 11.7. The van der Waals surface area contributed by atoms with Crippen LogP contribution in [0.2, 0.25) is 0 Å². The fourth-order valence-electron chi connectivity index (χ4n) is 4.75. The molecule has 4 aromatic rings. The van der Waals surface area contributed by atoms with Gasteiger partial charge in [0.25, 0.3) is 3.98 Å². The highest BCUT2D eigenvalue weighted by Gasteiger charge is 2.55. The quantitative estimate of drug-likeness (QED) is 0.101. The molecule has 13 heteroatoms. The summed E-state index contributed by atoms with van der Waals surface area (Å²) in [6.07, 6.45) is -8.04. The first-order valence-corrected chi connectivity index (χ1v) is 15.6. The SMILES string of the molecule is O=C(OCC1OC(OC(Cl)(Cl)Cl)C(OC(=O)c2ccccc2)C(OC(=O)c2ccccc2)C1OC(=O)c1ccccc1)c1ccccc1. The van der Waals surface area contributed by atoms with Crippen molar-refractivity contribution >= 4 is 58.7 Å². The number of esters is 4. The molecule has 0 radical (unpaired) electrons. The van der Waals surface area contributed by atoms with Gasteiger partial charge in [0.2, 0.25) is 6.29 Å². The van der Waals surface area contributed by atoms with E-state index in [-0.39, 0.29) is 22.3 Å². The molecule has 1 saturated heterocycles. The Labute approximate surface area is 290 Å². The lowest BCUT2D eigenvalue weighted by atomic mass is 9.97. The zero-order chi connectivity index (χ0) is 34.1. The number of ether oxygens (including phenoxy) is 6. The third-order valence-corrected chi connectivity index (χ3v) is 7.25. The second-order valence-corrected chi connectivity index (χ2v) is 12.5. The predicted molar refractivity (Wildman–Crippen MR) is 174 cm³/mol. The van der Waals surface area contributed by atoms with E-state index in [0.29, 0.717) is 0 Å². The first-order chi connectivity index (χ1) is 23.1. The van der Waals surface area contributed by atoms with Crippen LogP contribution in [0.5, 0.6) is 0 Å². The molecule has 5 rings (SSSR count). The Balaban J connectivity index is 1.56. The summed E-state index contributed by atoms with van der Waals surface area (Å²) in [6, 6.07) is 31.8. The number of hydrogen-bond donors (Lipinski definition) is 0. The molecule has 1 heterocycles. The van der Waals surface area contributed by atoms with Crippen LogP contribution in [0.15, 0.2) is 121 Å². The summed E-state index contributed by atoms with van der Waals surface area (Å²) < 4.78 is 32.3. The summed E-state index contributed by atoms with van der Waals surface area (Å²) in [7, 11) is 0. The van der Waals surface area contributed by atoms with Crippen molar-refractivity contribution in [3.05, 3.63) is 144 Å². The molecule has 0 aromatic heterocycles. The zero-order valence-corrected chi connectivity index (χ0v) is 27.1. The molecule has 248 valence electrons. The second kappa shape index (κ2) is 16.1. The summed E-state index contributed by atoms with van der Waals surface area (Å²) in [5, 5.41) is 0. The van der Waals surface area contributed by atoms with Crippen molar-refractivity contribution in [1.29, 1.82) is 0 Å². The van der Waals surface area contributed by atoms with E-state index < -0.39 is 65.2 Å². The molecule has 4 aromatic carbocycles. The van der Waals surface area contributed by atoms with Crippen LogP contribution < -0.4 is 0 Å². The van der Waals surface area contributed by atoms with E-state index >= 15 is 0 Å². The normalized spacial score (nSPS) is 20.6. The number of benzene rings is 4. The van der Waals surface area contributed by atoms with Crippen molar-refractivity contribution in [2.24, 2.45) is 0 Å². The maximum Gasteiger partial charge on any atom is 0.338 e. The minimum atomic E-state index is -2.44. The van der Waals surface area contributed by atoms with Crippen molar-refractivity contribution in [2.75, 3.05) is 6.61 Å². The Morgan fingerprint density at radius 2 is 0.875 bits per heavy atom. The minimum absolute atomic E-state index is 0.120. The van der Waals surface area contributed by atoms with Gasteiger partial charge in [-0.05, 0) is 48.5 Å². The third kappa shape index (κ3) is 9.33. The van der Waals surface area contributed by atoms with E-state index in [0.717, 1.165) is 0 Å². The molecule has 48 heavy (non-hydrogen) atoms. The molecule has 0 spiro atoms. The average Bonchev–Trinajstić information content (AvgIpc) is 3.10. The molecule has 1 aliphatic rings. The highest BCUT2D eigenvalue weighted by atomic mass is 35.6. The Morgan fingerprint density at radius 1 is 0.521 bits per heavy atom. The van der Waals surface area contributed by atoms with Gasteiger partial charge in [0.15, 0.2) is 18.3 Å². The largest absolute Gasteiger partial charge is 0.459 e.